The van der Waals surface area contributed by atoms with Gasteiger partial charge in [-0.15, -0.1) is 0 Å². The molecular formula is C13H18ClN3O3S. The van der Waals surface area contributed by atoms with Gasteiger partial charge < -0.3 is 11.1 Å². The maximum Gasteiger partial charge on any atom is 0.253 e. The number of rotatable bonds is 6. The first-order valence-corrected chi connectivity index (χ1v) is 8.84. The van der Waals surface area contributed by atoms with Gasteiger partial charge in [0, 0.05) is 17.6 Å². The predicted molar refractivity (Wildman–Crippen MR) is 83.0 cm³/mol. The van der Waals surface area contributed by atoms with Crippen LogP contribution in [0.25, 0.3) is 0 Å². The SMILES string of the molecule is CS(=O)(=O)Nc1ccc(Cl)cc1C(=O)NCC(N)C1CC1. The molecule has 0 aliphatic heterocycles. The number of halogens is 1. The highest BCUT2D eigenvalue weighted by molar-refractivity contribution is 7.92. The highest BCUT2D eigenvalue weighted by Gasteiger charge is 2.28. The molecule has 1 saturated carbocycles. The molecule has 0 saturated heterocycles. The Morgan fingerprint density at radius 3 is 2.71 bits per heavy atom. The normalized spacial score (nSPS) is 16.3. The molecule has 1 aromatic carbocycles. The molecule has 1 amide bonds. The van der Waals surface area contributed by atoms with Crippen LogP contribution in [-0.2, 0) is 10.0 Å². The monoisotopic (exact) mass is 331 g/mol. The molecule has 1 aliphatic rings. The fourth-order valence-corrected chi connectivity index (χ4v) is 2.74. The van der Waals surface area contributed by atoms with E-state index in [1.54, 1.807) is 0 Å². The third-order valence-electron chi connectivity index (χ3n) is 3.25. The molecule has 0 aromatic heterocycles. The van der Waals surface area contributed by atoms with Crippen molar-refractivity contribution in [1.29, 1.82) is 0 Å². The van der Waals surface area contributed by atoms with E-state index in [1.165, 1.54) is 18.2 Å². The van der Waals surface area contributed by atoms with Gasteiger partial charge in [-0.3, -0.25) is 9.52 Å². The summed E-state index contributed by atoms with van der Waals surface area (Å²) in [7, 11) is -3.48. The first kappa shape index (κ1) is 16.1. The number of nitrogens with one attached hydrogen (secondary N) is 2. The number of carbonyl (C=O) groups excluding carboxylic acids is 1. The Morgan fingerprint density at radius 1 is 1.48 bits per heavy atom. The topological polar surface area (TPSA) is 101 Å². The van der Waals surface area contributed by atoms with E-state index in [9.17, 15) is 13.2 Å². The summed E-state index contributed by atoms with van der Waals surface area (Å²) in [5.74, 6) is 0.0676. The Bertz CT molecular complexity index is 644. The van der Waals surface area contributed by atoms with Crippen molar-refractivity contribution in [1.82, 2.24) is 5.32 Å². The molecule has 1 aromatic rings. The molecule has 0 radical (unpaired) electrons. The summed E-state index contributed by atoms with van der Waals surface area (Å²) < 4.78 is 25.0. The van der Waals surface area contributed by atoms with E-state index < -0.39 is 15.9 Å². The molecule has 21 heavy (non-hydrogen) atoms. The van der Waals surface area contributed by atoms with E-state index in [-0.39, 0.29) is 17.3 Å². The Hall–Kier alpha value is -1.31. The molecule has 6 nitrogen and oxygen atoms in total. The van der Waals surface area contributed by atoms with Crippen LogP contribution in [0.5, 0.6) is 0 Å². The standard InChI is InChI=1S/C13H18ClN3O3S/c1-21(19,20)17-12-5-4-9(14)6-10(12)13(18)16-7-11(15)8-2-3-8/h4-6,8,11,17H,2-3,7,15H2,1H3,(H,16,18). The first-order valence-electron chi connectivity index (χ1n) is 6.57. The number of hydrogen-bond acceptors (Lipinski definition) is 4. The summed E-state index contributed by atoms with van der Waals surface area (Å²) in [6.07, 6.45) is 3.20. The van der Waals surface area contributed by atoms with Crippen LogP contribution in [0.1, 0.15) is 23.2 Å². The minimum atomic E-state index is -3.48. The average molecular weight is 332 g/mol. The molecule has 116 valence electrons. The molecule has 4 N–H and O–H groups in total. The quantitative estimate of drug-likeness (QED) is 0.728. The summed E-state index contributed by atoms with van der Waals surface area (Å²) >= 11 is 5.87. The van der Waals surface area contributed by atoms with Crippen molar-refractivity contribution >= 4 is 33.2 Å². The Kier molecular flexibility index (Phi) is 4.75. The number of benzene rings is 1. The fraction of sp³-hybridized carbons (Fsp3) is 0.462. The molecule has 1 atom stereocenters. The fourth-order valence-electron chi connectivity index (χ4n) is 1.99. The van der Waals surface area contributed by atoms with Gasteiger partial charge in [-0.25, -0.2) is 8.42 Å². The van der Waals surface area contributed by atoms with Gasteiger partial charge in [0.25, 0.3) is 5.91 Å². The third kappa shape index (κ3) is 4.87. The van der Waals surface area contributed by atoms with Crippen molar-refractivity contribution in [2.45, 2.75) is 18.9 Å². The summed E-state index contributed by atoms with van der Waals surface area (Å²) in [5.41, 5.74) is 6.29. The van der Waals surface area contributed by atoms with Gasteiger partial charge in [-0.05, 0) is 37.0 Å². The molecule has 0 bridgehead atoms. The molecule has 1 fully saturated rings. The van der Waals surface area contributed by atoms with E-state index in [2.05, 4.69) is 10.0 Å². The van der Waals surface area contributed by atoms with Crippen LogP contribution < -0.4 is 15.8 Å². The van der Waals surface area contributed by atoms with Gasteiger partial charge >= 0.3 is 0 Å². The first-order chi connectivity index (χ1) is 9.76. The minimum absolute atomic E-state index is 0.0700. The lowest BCUT2D eigenvalue weighted by Gasteiger charge is -2.14. The van der Waals surface area contributed by atoms with Gasteiger partial charge in [-0.2, -0.15) is 0 Å². The van der Waals surface area contributed by atoms with Gasteiger partial charge in [0.05, 0.1) is 17.5 Å². The van der Waals surface area contributed by atoms with Crippen LogP contribution in [0.15, 0.2) is 18.2 Å². The average Bonchev–Trinajstić information content (AvgIpc) is 3.20. The number of anilines is 1. The maximum atomic E-state index is 12.2. The molecule has 0 heterocycles. The zero-order chi connectivity index (χ0) is 15.6. The third-order valence-corrected chi connectivity index (χ3v) is 4.07. The van der Waals surface area contributed by atoms with Gasteiger partial charge in [0.15, 0.2) is 0 Å². The minimum Gasteiger partial charge on any atom is -0.350 e. The van der Waals surface area contributed by atoms with Gasteiger partial charge in [-0.1, -0.05) is 11.6 Å². The van der Waals surface area contributed by atoms with Crippen molar-refractivity contribution < 1.29 is 13.2 Å². The summed E-state index contributed by atoms with van der Waals surface area (Å²) in [6.45, 7) is 0.355. The Balaban J connectivity index is 2.12. The number of sulfonamides is 1. The molecule has 1 unspecified atom stereocenters. The highest BCUT2D eigenvalue weighted by Crippen LogP contribution is 2.31. The van der Waals surface area contributed by atoms with E-state index in [0.29, 0.717) is 17.5 Å². The molecule has 2 rings (SSSR count). The Labute approximate surface area is 129 Å². The number of carbonyl (C=O) groups is 1. The summed E-state index contributed by atoms with van der Waals surface area (Å²) in [5, 5.41) is 3.07. The second kappa shape index (κ2) is 6.21. The van der Waals surface area contributed by atoms with Crippen molar-refractivity contribution in [2.75, 3.05) is 17.5 Å². The Morgan fingerprint density at radius 2 is 2.14 bits per heavy atom. The van der Waals surface area contributed by atoms with E-state index in [1.807, 2.05) is 0 Å². The zero-order valence-electron chi connectivity index (χ0n) is 11.6. The van der Waals surface area contributed by atoms with E-state index in [4.69, 9.17) is 17.3 Å². The van der Waals surface area contributed by atoms with Gasteiger partial charge in [0.1, 0.15) is 0 Å². The second-order valence-electron chi connectivity index (χ2n) is 5.28. The van der Waals surface area contributed by atoms with Crippen LogP contribution in [-0.4, -0.2) is 33.2 Å². The lowest BCUT2D eigenvalue weighted by Crippen LogP contribution is -2.38. The van der Waals surface area contributed by atoms with Crippen LogP contribution in [0.4, 0.5) is 5.69 Å². The van der Waals surface area contributed by atoms with Crippen LogP contribution in [0, 0.1) is 5.92 Å². The molecule has 1 aliphatic carbocycles. The predicted octanol–water partition coefficient (Wildman–Crippen LogP) is 1.18. The van der Waals surface area contributed by atoms with Gasteiger partial charge in [0.2, 0.25) is 10.0 Å². The van der Waals surface area contributed by atoms with Crippen molar-refractivity contribution in [3.63, 3.8) is 0 Å². The zero-order valence-corrected chi connectivity index (χ0v) is 13.2. The van der Waals surface area contributed by atoms with Crippen LogP contribution in [0.2, 0.25) is 5.02 Å². The number of nitrogens with two attached hydrogens (primary N) is 1. The summed E-state index contributed by atoms with van der Waals surface area (Å²) in [6, 6.07) is 4.33. The summed E-state index contributed by atoms with van der Waals surface area (Å²) in [4.78, 5) is 12.2. The van der Waals surface area contributed by atoms with E-state index >= 15 is 0 Å². The lowest BCUT2D eigenvalue weighted by molar-refractivity contribution is 0.0951. The molecular weight excluding hydrogens is 314 g/mol. The smallest absolute Gasteiger partial charge is 0.253 e. The molecule has 0 spiro atoms. The number of hydrogen-bond donors (Lipinski definition) is 3. The number of amides is 1. The van der Waals surface area contributed by atoms with Crippen molar-refractivity contribution in [3.8, 4) is 0 Å². The van der Waals surface area contributed by atoms with Crippen LogP contribution in [0.3, 0.4) is 0 Å². The largest absolute Gasteiger partial charge is 0.350 e. The highest BCUT2D eigenvalue weighted by atomic mass is 35.5. The van der Waals surface area contributed by atoms with Crippen molar-refractivity contribution in [2.24, 2.45) is 11.7 Å². The van der Waals surface area contributed by atoms with Crippen molar-refractivity contribution in [3.05, 3.63) is 28.8 Å². The lowest BCUT2D eigenvalue weighted by atomic mass is 10.1. The maximum absolute atomic E-state index is 12.2. The van der Waals surface area contributed by atoms with E-state index in [0.717, 1.165) is 19.1 Å². The van der Waals surface area contributed by atoms with Crippen LogP contribution >= 0.6 is 11.6 Å². The second-order valence-corrected chi connectivity index (χ2v) is 7.46. The molecule has 8 heteroatoms.